The average Bonchev–Trinajstić information content (AvgIpc) is 2.88. The summed E-state index contributed by atoms with van der Waals surface area (Å²) in [6.07, 6.45) is 1.67. The highest BCUT2D eigenvalue weighted by Crippen LogP contribution is 2.28. The van der Waals surface area contributed by atoms with Crippen molar-refractivity contribution in [3.8, 4) is 11.6 Å². The second-order valence-electron chi connectivity index (χ2n) is 4.04. The Labute approximate surface area is 112 Å². The van der Waals surface area contributed by atoms with Crippen LogP contribution in [0.1, 0.15) is 16.1 Å². The van der Waals surface area contributed by atoms with Crippen molar-refractivity contribution in [1.29, 1.82) is 0 Å². The molecule has 1 N–H and O–H groups in total. The fraction of sp³-hybridized carbons (Fsp3) is 0.0769. The van der Waals surface area contributed by atoms with E-state index in [1.165, 1.54) is 15.7 Å². The Bertz CT molecular complexity index is 760. The Morgan fingerprint density at radius 2 is 2.32 bits per heavy atom. The number of aromatic nitrogens is 2. The second-order valence-corrected chi connectivity index (χ2v) is 4.92. The molecule has 0 fully saturated rings. The van der Waals surface area contributed by atoms with E-state index in [1.54, 1.807) is 17.6 Å². The minimum atomic E-state index is -1.06. The lowest BCUT2D eigenvalue weighted by atomic mass is 10.2. The van der Waals surface area contributed by atoms with Crippen LogP contribution >= 0.6 is 11.3 Å². The molecule has 0 aliphatic heterocycles. The zero-order valence-electron chi connectivity index (χ0n) is 10.0. The Morgan fingerprint density at radius 1 is 1.47 bits per heavy atom. The molecule has 2 heterocycles. The number of carbonyl (C=O) groups is 1. The lowest BCUT2D eigenvalue weighted by molar-refractivity contribution is 0.0686. The van der Waals surface area contributed by atoms with Crippen LogP contribution in [0.15, 0.2) is 35.8 Å². The number of aromatic carboxylic acids is 1. The van der Waals surface area contributed by atoms with Gasteiger partial charge < -0.3 is 9.84 Å². The van der Waals surface area contributed by atoms with E-state index >= 15 is 0 Å². The molecule has 19 heavy (non-hydrogen) atoms. The number of fused-ring (bicyclic) bond motifs is 1. The summed E-state index contributed by atoms with van der Waals surface area (Å²) >= 11 is 1.36. The summed E-state index contributed by atoms with van der Waals surface area (Å²) in [4.78, 5) is 16.1. The van der Waals surface area contributed by atoms with Gasteiger partial charge in [0, 0.05) is 11.6 Å². The highest BCUT2D eigenvalue weighted by molar-refractivity contribution is 7.15. The van der Waals surface area contributed by atoms with Gasteiger partial charge in [-0.25, -0.2) is 4.79 Å². The van der Waals surface area contributed by atoms with E-state index in [0.717, 1.165) is 5.56 Å². The number of imidazole rings is 1. The van der Waals surface area contributed by atoms with Crippen LogP contribution in [0.3, 0.4) is 0 Å². The third-order valence-corrected chi connectivity index (χ3v) is 3.39. The smallest absolute Gasteiger partial charge is 0.358 e. The molecule has 0 bridgehead atoms. The van der Waals surface area contributed by atoms with Crippen molar-refractivity contribution in [3.63, 3.8) is 0 Å². The molecule has 0 saturated heterocycles. The number of aryl methyl sites for hydroxylation is 1. The van der Waals surface area contributed by atoms with Gasteiger partial charge in [0.1, 0.15) is 5.75 Å². The highest BCUT2D eigenvalue weighted by atomic mass is 32.1. The summed E-state index contributed by atoms with van der Waals surface area (Å²) in [6.45, 7) is 1.94. The van der Waals surface area contributed by atoms with Crippen molar-refractivity contribution in [2.45, 2.75) is 6.92 Å². The molecular formula is C13H10N2O3S. The number of hydrogen-bond acceptors (Lipinski definition) is 4. The van der Waals surface area contributed by atoms with Gasteiger partial charge in [-0.2, -0.15) is 4.98 Å². The number of carboxylic acid groups (broad SMARTS) is 1. The van der Waals surface area contributed by atoms with E-state index in [2.05, 4.69) is 4.98 Å². The Hall–Kier alpha value is -2.34. The number of ether oxygens (including phenoxy) is 1. The minimum absolute atomic E-state index is 0.0396. The van der Waals surface area contributed by atoms with Crippen LogP contribution in [0.5, 0.6) is 11.6 Å². The highest BCUT2D eigenvalue weighted by Gasteiger charge is 2.21. The number of rotatable bonds is 3. The van der Waals surface area contributed by atoms with Gasteiger partial charge in [0.25, 0.3) is 5.88 Å². The number of carboxylic acids is 1. The SMILES string of the molecule is Cc1cccc(Oc2nc3sccn3c2C(=O)O)c1. The molecule has 6 heteroatoms. The van der Waals surface area contributed by atoms with E-state index in [1.807, 2.05) is 25.1 Å². The molecule has 3 rings (SSSR count). The zero-order chi connectivity index (χ0) is 13.4. The van der Waals surface area contributed by atoms with Crippen molar-refractivity contribution in [1.82, 2.24) is 9.38 Å². The maximum Gasteiger partial charge on any atom is 0.358 e. The number of nitrogens with zero attached hydrogens (tertiary/aromatic N) is 2. The van der Waals surface area contributed by atoms with Crippen LogP contribution < -0.4 is 4.74 Å². The molecule has 0 aliphatic rings. The molecule has 0 aliphatic carbocycles. The molecule has 1 aromatic carbocycles. The number of benzene rings is 1. The standard InChI is InChI=1S/C13H10N2O3S/c1-8-3-2-4-9(7-8)18-11-10(12(16)17)15-5-6-19-13(15)14-11/h2-7H,1H3,(H,16,17). The third-order valence-electron chi connectivity index (χ3n) is 2.64. The number of hydrogen-bond donors (Lipinski definition) is 1. The van der Waals surface area contributed by atoms with Gasteiger partial charge in [-0.15, -0.1) is 11.3 Å². The van der Waals surface area contributed by atoms with Crippen molar-refractivity contribution < 1.29 is 14.6 Å². The lowest BCUT2D eigenvalue weighted by Gasteiger charge is -2.04. The van der Waals surface area contributed by atoms with Gasteiger partial charge in [0.2, 0.25) is 0 Å². The maximum atomic E-state index is 11.3. The topological polar surface area (TPSA) is 63.8 Å². The molecule has 0 amide bonds. The van der Waals surface area contributed by atoms with Crippen molar-refractivity contribution in [3.05, 3.63) is 47.1 Å². The van der Waals surface area contributed by atoms with E-state index in [0.29, 0.717) is 10.7 Å². The van der Waals surface area contributed by atoms with Crippen LogP contribution in [0.25, 0.3) is 4.96 Å². The molecule has 3 aromatic rings. The van der Waals surface area contributed by atoms with Crippen LogP contribution in [-0.2, 0) is 0 Å². The molecule has 96 valence electrons. The van der Waals surface area contributed by atoms with Gasteiger partial charge >= 0.3 is 5.97 Å². The van der Waals surface area contributed by atoms with E-state index < -0.39 is 5.97 Å². The third kappa shape index (κ3) is 2.06. The first-order chi connectivity index (χ1) is 9.15. The number of thiazole rings is 1. The summed E-state index contributed by atoms with van der Waals surface area (Å²) in [5, 5.41) is 11.1. The molecule has 0 atom stereocenters. The predicted octanol–water partition coefficient (Wildman–Crippen LogP) is 3.19. The van der Waals surface area contributed by atoms with Gasteiger partial charge in [0.15, 0.2) is 10.7 Å². The summed E-state index contributed by atoms with van der Waals surface area (Å²) in [7, 11) is 0. The minimum Gasteiger partial charge on any atom is -0.476 e. The molecule has 5 nitrogen and oxygen atoms in total. The summed E-state index contributed by atoms with van der Waals surface area (Å²) in [5.74, 6) is -0.369. The van der Waals surface area contributed by atoms with Crippen LogP contribution in [0.4, 0.5) is 0 Å². The summed E-state index contributed by atoms with van der Waals surface area (Å²) < 4.78 is 7.10. The van der Waals surface area contributed by atoms with Gasteiger partial charge in [0.05, 0.1) is 0 Å². The fourth-order valence-corrected chi connectivity index (χ4v) is 2.53. The van der Waals surface area contributed by atoms with Crippen molar-refractivity contribution in [2.75, 3.05) is 0 Å². The first kappa shape index (κ1) is 11.7. The van der Waals surface area contributed by atoms with Gasteiger partial charge in [-0.3, -0.25) is 4.40 Å². The van der Waals surface area contributed by atoms with Crippen LogP contribution in [0.2, 0.25) is 0 Å². The Balaban J connectivity index is 2.07. The average molecular weight is 274 g/mol. The predicted molar refractivity (Wildman–Crippen MR) is 71.3 cm³/mol. The van der Waals surface area contributed by atoms with Gasteiger partial charge in [-0.05, 0) is 24.6 Å². The first-order valence-corrected chi connectivity index (χ1v) is 6.46. The van der Waals surface area contributed by atoms with E-state index in [4.69, 9.17) is 4.74 Å². The summed E-state index contributed by atoms with van der Waals surface area (Å²) in [6, 6.07) is 7.39. The quantitative estimate of drug-likeness (QED) is 0.796. The molecular weight excluding hydrogens is 264 g/mol. The maximum absolute atomic E-state index is 11.3. The Morgan fingerprint density at radius 3 is 3.05 bits per heavy atom. The molecule has 0 unspecified atom stereocenters. The van der Waals surface area contributed by atoms with Crippen molar-refractivity contribution in [2.24, 2.45) is 0 Å². The fourth-order valence-electron chi connectivity index (χ4n) is 1.82. The zero-order valence-corrected chi connectivity index (χ0v) is 10.8. The Kier molecular flexibility index (Phi) is 2.72. The van der Waals surface area contributed by atoms with Crippen LogP contribution in [-0.4, -0.2) is 20.5 Å². The molecule has 0 saturated carbocycles. The van der Waals surface area contributed by atoms with Crippen molar-refractivity contribution >= 4 is 22.3 Å². The first-order valence-electron chi connectivity index (χ1n) is 5.58. The molecule has 2 aromatic heterocycles. The molecule has 0 radical (unpaired) electrons. The normalized spacial score (nSPS) is 10.8. The van der Waals surface area contributed by atoms with Gasteiger partial charge in [-0.1, -0.05) is 12.1 Å². The summed E-state index contributed by atoms with van der Waals surface area (Å²) in [5.41, 5.74) is 1.08. The van der Waals surface area contributed by atoms with E-state index in [9.17, 15) is 9.90 Å². The largest absolute Gasteiger partial charge is 0.476 e. The van der Waals surface area contributed by atoms with E-state index in [-0.39, 0.29) is 11.6 Å². The second kappa shape index (κ2) is 4.40. The monoisotopic (exact) mass is 274 g/mol. The molecule has 0 spiro atoms. The lowest BCUT2D eigenvalue weighted by Crippen LogP contribution is -2.02. The van der Waals surface area contributed by atoms with Crippen LogP contribution in [0, 0.1) is 6.92 Å².